The second-order valence-corrected chi connectivity index (χ2v) is 3.20. The molecule has 0 aromatic heterocycles. The topological polar surface area (TPSA) is 83.8 Å². The van der Waals surface area contributed by atoms with E-state index in [9.17, 15) is 14.7 Å². The van der Waals surface area contributed by atoms with E-state index in [1.807, 2.05) is 0 Å². The number of aliphatic hydroxyl groups excluding tert-OH is 1. The Bertz CT molecular complexity index is 225. The Balaban J connectivity index is 2.71. The summed E-state index contributed by atoms with van der Waals surface area (Å²) in [6.45, 7) is 0. The van der Waals surface area contributed by atoms with Gasteiger partial charge in [0, 0.05) is 0 Å². The van der Waals surface area contributed by atoms with Crippen molar-refractivity contribution in [2.45, 2.75) is 18.9 Å². The maximum atomic E-state index is 11.1. The monoisotopic (exact) mass is 188 g/mol. The molecule has 0 amide bonds. The molecular formula is C8H12O5. The first kappa shape index (κ1) is 9.98. The first-order chi connectivity index (χ1) is 6.06. The van der Waals surface area contributed by atoms with E-state index in [1.165, 1.54) is 7.11 Å². The first-order valence-corrected chi connectivity index (χ1v) is 4.05. The van der Waals surface area contributed by atoms with Crippen LogP contribution in [0.2, 0.25) is 0 Å². The lowest BCUT2D eigenvalue weighted by molar-refractivity contribution is -0.154. The summed E-state index contributed by atoms with van der Waals surface area (Å²) in [5.74, 6) is -3.10. The summed E-state index contributed by atoms with van der Waals surface area (Å²) in [4.78, 5) is 21.7. The minimum atomic E-state index is -1.05. The van der Waals surface area contributed by atoms with Crippen LogP contribution >= 0.6 is 0 Å². The number of carboxylic acid groups (broad SMARTS) is 1. The lowest BCUT2D eigenvalue weighted by Gasteiger charge is -2.11. The van der Waals surface area contributed by atoms with Gasteiger partial charge < -0.3 is 14.9 Å². The van der Waals surface area contributed by atoms with Crippen molar-refractivity contribution >= 4 is 11.9 Å². The first-order valence-electron chi connectivity index (χ1n) is 4.05. The van der Waals surface area contributed by atoms with Crippen molar-refractivity contribution in [1.82, 2.24) is 0 Å². The summed E-state index contributed by atoms with van der Waals surface area (Å²) >= 11 is 0. The molecule has 0 heterocycles. The molecule has 1 rings (SSSR count). The van der Waals surface area contributed by atoms with Crippen LogP contribution in [0.4, 0.5) is 0 Å². The van der Waals surface area contributed by atoms with Crippen LogP contribution in [0.5, 0.6) is 0 Å². The second-order valence-electron chi connectivity index (χ2n) is 3.20. The standard InChI is InChI=1S/C8H12O5/c1-13-8(12)6-3-4(9)2-5(6)7(10)11/h4-6,9H,2-3H2,1H3,(H,10,11)/t4-,5+,6-/m0/s1. The number of carboxylic acids is 1. The molecule has 5 nitrogen and oxygen atoms in total. The van der Waals surface area contributed by atoms with Gasteiger partial charge in [0.15, 0.2) is 0 Å². The Morgan fingerprint density at radius 2 is 1.85 bits per heavy atom. The molecule has 13 heavy (non-hydrogen) atoms. The molecular weight excluding hydrogens is 176 g/mol. The van der Waals surface area contributed by atoms with Crippen LogP contribution in [0.3, 0.4) is 0 Å². The Kier molecular flexibility index (Phi) is 2.87. The summed E-state index contributed by atoms with van der Waals surface area (Å²) in [6.07, 6.45) is -0.385. The van der Waals surface area contributed by atoms with Gasteiger partial charge in [-0.1, -0.05) is 0 Å². The number of carbonyl (C=O) groups excluding carboxylic acids is 1. The van der Waals surface area contributed by atoms with Crippen molar-refractivity contribution in [3.63, 3.8) is 0 Å². The van der Waals surface area contributed by atoms with E-state index in [2.05, 4.69) is 4.74 Å². The molecule has 0 spiro atoms. The molecule has 0 radical (unpaired) electrons. The van der Waals surface area contributed by atoms with Gasteiger partial charge in [0.2, 0.25) is 0 Å². The van der Waals surface area contributed by atoms with Gasteiger partial charge in [-0.2, -0.15) is 0 Å². The number of ether oxygens (including phenoxy) is 1. The van der Waals surface area contributed by atoms with Gasteiger partial charge >= 0.3 is 11.9 Å². The van der Waals surface area contributed by atoms with Crippen molar-refractivity contribution in [3.8, 4) is 0 Å². The quantitative estimate of drug-likeness (QED) is 0.578. The molecule has 74 valence electrons. The molecule has 5 heteroatoms. The zero-order valence-corrected chi connectivity index (χ0v) is 7.27. The predicted molar refractivity (Wildman–Crippen MR) is 41.9 cm³/mol. The summed E-state index contributed by atoms with van der Waals surface area (Å²) in [6, 6.07) is 0. The van der Waals surface area contributed by atoms with Gasteiger partial charge in [-0.3, -0.25) is 9.59 Å². The third-order valence-electron chi connectivity index (χ3n) is 2.36. The smallest absolute Gasteiger partial charge is 0.309 e. The number of aliphatic hydroxyl groups is 1. The minimum Gasteiger partial charge on any atom is -0.481 e. The van der Waals surface area contributed by atoms with Crippen molar-refractivity contribution in [2.75, 3.05) is 7.11 Å². The van der Waals surface area contributed by atoms with E-state index >= 15 is 0 Å². The minimum absolute atomic E-state index is 0.134. The second kappa shape index (κ2) is 3.74. The van der Waals surface area contributed by atoms with Crippen molar-refractivity contribution in [1.29, 1.82) is 0 Å². The number of methoxy groups -OCH3 is 1. The average Bonchev–Trinajstić information content (AvgIpc) is 2.46. The van der Waals surface area contributed by atoms with Gasteiger partial charge in [-0.25, -0.2) is 0 Å². The van der Waals surface area contributed by atoms with Gasteiger partial charge in [0.05, 0.1) is 25.0 Å². The van der Waals surface area contributed by atoms with Crippen LogP contribution in [0, 0.1) is 11.8 Å². The zero-order valence-electron chi connectivity index (χ0n) is 7.27. The van der Waals surface area contributed by atoms with Crippen LogP contribution in [-0.4, -0.2) is 35.4 Å². The molecule has 0 saturated heterocycles. The Hall–Kier alpha value is -1.10. The van der Waals surface area contributed by atoms with Crippen LogP contribution in [-0.2, 0) is 14.3 Å². The largest absolute Gasteiger partial charge is 0.481 e. The highest BCUT2D eigenvalue weighted by Gasteiger charge is 2.42. The third-order valence-corrected chi connectivity index (χ3v) is 2.36. The molecule has 2 N–H and O–H groups in total. The van der Waals surface area contributed by atoms with Crippen molar-refractivity contribution in [3.05, 3.63) is 0 Å². The van der Waals surface area contributed by atoms with E-state index in [1.54, 1.807) is 0 Å². The molecule has 1 saturated carbocycles. The summed E-state index contributed by atoms with van der Waals surface area (Å²) < 4.78 is 4.45. The molecule has 1 fully saturated rings. The molecule has 0 unspecified atom stereocenters. The van der Waals surface area contributed by atoms with Gasteiger partial charge in [-0.15, -0.1) is 0 Å². The molecule has 0 aromatic carbocycles. The highest BCUT2D eigenvalue weighted by molar-refractivity contribution is 5.81. The third kappa shape index (κ3) is 1.98. The number of rotatable bonds is 2. The van der Waals surface area contributed by atoms with Gasteiger partial charge in [-0.05, 0) is 12.8 Å². The average molecular weight is 188 g/mol. The van der Waals surface area contributed by atoms with Crippen molar-refractivity contribution < 1.29 is 24.5 Å². The number of aliphatic carboxylic acids is 1. The van der Waals surface area contributed by atoms with Crippen LogP contribution in [0.1, 0.15) is 12.8 Å². The highest BCUT2D eigenvalue weighted by atomic mass is 16.5. The van der Waals surface area contributed by atoms with E-state index < -0.39 is 29.9 Å². The Morgan fingerprint density at radius 3 is 2.31 bits per heavy atom. The summed E-state index contributed by atoms with van der Waals surface area (Å²) in [7, 11) is 1.21. The van der Waals surface area contributed by atoms with E-state index in [-0.39, 0.29) is 12.8 Å². The lowest BCUT2D eigenvalue weighted by atomic mass is 9.97. The Labute approximate surface area is 75.3 Å². The fourth-order valence-electron chi connectivity index (χ4n) is 1.70. The zero-order chi connectivity index (χ0) is 10.0. The summed E-state index contributed by atoms with van der Waals surface area (Å²) in [5.41, 5.74) is 0. The fraction of sp³-hybridized carbons (Fsp3) is 0.750. The molecule has 3 atom stereocenters. The molecule has 0 bridgehead atoms. The molecule has 0 aromatic rings. The Morgan fingerprint density at radius 1 is 1.31 bits per heavy atom. The lowest BCUT2D eigenvalue weighted by Crippen LogP contribution is -2.26. The number of esters is 1. The van der Waals surface area contributed by atoms with E-state index in [0.29, 0.717) is 0 Å². The van der Waals surface area contributed by atoms with Crippen LogP contribution in [0.25, 0.3) is 0 Å². The SMILES string of the molecule is COC(=O)[C@H]1C[C@@H](O)C[C@H]1C(=O)O. The van der Waals surface area contributed by atoms with E-state index in [4.69, 9.17) is 5.11 Å². The maximum Gasteiger partial charge on any atom is 0.309 e. The number of hydrogen-bond donors (Lipinski definition) is 2. The predicted octanol–water partition coefficient (Wildman–Crippen LogP) is -0.369. The number of carbonyl (C=O) groups is 2. The van der Waals surface area contributed by atoms with Crippen molar-refractivity contribution in [2.24, 2.45) is 11.8 Å². The fourth-order valence-corrected chi connectivity index (χ4v) is 1.70. The van der Waals surface area contributed by atoms with Crippen LogP contribution in [0.15, 0.2) is 0 Å². The normalized spacial score (nSPS) is 32.9. The summed E-state index contributed by atoms with van der Waals surface area (Å²) in [5, 5.41) is 17.9. The van der Waals surface area contributed by atoms with Crippen LogP contribution < -0.4 is 0 Å². The highest BCUT2D eigenvalue weighted by Crippen LogP contribution is 2.32. The molecule has 0 aliphatic heterocycles. The van der Waals surface area contributed by atoms with Gasteiger partial charge in [0.25, 0.3) is 0 Å². The molecule has 1 aliphatic carbocycles. The maximum absolute atomic E-state index is 11.1. The van der Waals surface area contributed by atoms with Gasteiger partial charge in [0.1, 0.15) is 0 Å². The van der Waals surface area contributed by atoms with E-state index in [0.717, 1.165) is 0 Å². The number of hydrogen-bond acceptors (Lipinski definition) is 4. The molecule has 1 aliphatic rings.